The molecule has 0 radical (unpaired) electrons. The summed E-state index contributed by atoms with van der Waals surface area (Å²) < 4.78 is 41.9. The molecule has 2 N–H and O–H groups in total. The average Bonchev–Trinajstić information content (AvgIpc) is 3.54. The van der Waals surface area contributed by atoms with Gasteiger partial charge in [0.05, 0.1) is 23.9 Å². The molecule has 1 saturated carbocycles. The monoisotopic (exact) mass is 498 g/mol. The molecule has 3 aliphatic rings. The van der Waals surface area contributed by atoms with Gasteiger partial charge in [-0.25, -0.2) is 4.98 Å². The molecule has 36 heavy (non-hydrogen) atoms. The molecular formula is C26H29F3N6O. The molecule has 0 spiro atoms. The number of aromatic nitrogens is 3. The Morgan fingerprint density at radius 1 is 1.11 bits per heavy atom. The Bertz CT molecular complexity index is 1290. The number of hydrogen-bond acceptors (Lipinski definition) is 5. The normalized spacial score (nSPS) is 20.3. The standard InChI is InChI=1S/C26H29F3N6O/c27-26(28,29)25(5-6-25)16-34-8-3-17(4-9-34)24(36)33-23-12-20-11-18(1-2-19(20)13-31-23)21-14-32-35-10-7-30-15-22(21)35/h1-2,11-14,17,30H,3-10,15-16H2,(H,31,33,36). The second kappa shape index (κ2) is 8.85. The first-order valence-electron chi connectivity index (χ1n) is 12.6. The Morgan fingerprint density at radius 2 is 1.92 bits per heavy atom. The highest BCUT2D eigenvalue weighted by atomic mass is 19.4. The van der Waals surface area contributed by atoms with Crippen molar-refractivity contribution < 1.29 is 18.0 Å². The summed E-state index contributed by atoms with van der Waals surface area (Å²) in [4.78, 5) is 19.2. The van der Waals surface area contributed by atoms with Crippen LogP contribution in [0.1, 0.15) is 31.4 Å². The lowest BCUT2D eigenvalue weighted by molar-refractivity contribution is -0.192. The fourth-order valence-electron chi connectivity index (χ4n) is 5.49. The molecule has 1 aliphatic carbocycles. The lowest BCUT2D eigenvalue weighted by atomic mass is 9.94. The number of piperidine rings is 1. The number of hydrogen-bond donors (Lipinski definition) is 2. The zero-order valence-electron chi connectivity index (χ0n) is 19.9. The smallest absolute Gasteiger partial charge is 0.310 e. The summed E-state index contributed by atoms with van der Waals surface area (Å²) in [6, 6.07) is 8.05. The van der Waals surface area contributed by atoms with Gasteiger partial charge in [0.15, 0.2) is 0 Å². The molecule has 1 aromatic carbocycles. The summed E-state index contributed by atoms with van der Waals surface area (Å²) in [5.41, 5.74) is 1.80. The highest BCUT2D eigenvalue weighted by Crippen LogP contribution is 2.58. The van der Waals surface area contributed by atoms with Crippen LogP contribution in [0.3, 0.4) is 0 Å². The molecular weight excluding hydrogens is 469 g/mol. The fourth-order valence-corrected chi connectivity index (χ4v) is 5.49. The van der Waals surface area contributed by atoms with Gasteiger partial charge in [-0.1, -0.05) is 12.1 Å². The van der Waals surface area contributed by atoms with Crippen LogP contribution in [0.5, 0.6) is 0 Å². The molecule has 1 amide bonds. The van der Waals surface area contributed by atoms with Crippen molar-refractivity contribution in [2.45, 2.75) is 44.9 Å². The minimum atomic E-state index is -4.14. The summed E-state index contributed by atoms with van der Waals surface area (Å²) in [7, 11) is 0. The summed E-state index contributed by atoms with van der Waals surface area (Å²) in [6.07, 6.45) is 1.05. The topological polar surface area (TPSA) is 75.1 Å². The third-order valence-electron chi connectivity index (χ3n) is 7.97. The van der Waals surface area contributed by atoms with E-state index in [0.717, 1.165) is 47.2 Å². The molecule has 4 heterocycles. The molecule has 2 aliphatic heterocycles. The highest BCUT2D eigenvalue weighted by Gasteiger charge is 2.63. The second-order valence-corrected chi connectivity index (χ2v) is 10.4. The van der Waals surface area contributed by atoms with Crippen molar-refractivity contribution >= 4 is 22.5 Å². The van der Waals surface area contributed by atoms with Crippen LogP contribution in [0.4, 0.5) is 19.0 Å². The van der Waals surface area contributed by atoms with Crippen LogP contribution in [0.25, 0.3) is 21.9 Å². The van der Waals surface area contributed by atoms with Gasteiger partial charge in [-0.05, 0) is 61.9 Å². The maximum Gasteiger partial charge on any atom is 0.395 e. The number of nitrogens with one attached hydrogen (secondary N) is 2. The molecule has 2 aromatic heterocycles. The van der Waals surface area contributed by atoms with E-state index in [1.807, 2.05) is 27.9 Å². The predicted octanol–water partition coefficient (Wildman–Crippen LogP) is 4.19. The van der Waals surface area contributed by atoms with E-state index in [2.05, 4.69) is 32.8 Å². The maximum absolute atomic E-state index is 13.3. The van der Waals surface area contributed by atoms with Gasteiger partial charge in [0.1, 0.15) is 5.82 Å². The van der Waals surface area contributed by atoms with Gasteiger partial charge >= 0.3 is 6.18 Å². The van der Waals surface area contributed by atoms with E-state index in [0.29, 0.717) is 31.7 Å². The largest absolute Gasteiger partial charge is 0.395 e. The molecule has 1 saturated heterocycles. The van der Waals surface area contributed by atoms with E-state index in [-0.39, 0.29) is 31.2 Å². The van der Waals surface area contributed by atoms with Crippen LogP contribution in [-0.2, 0) is 17.9 Å². The Balaban J connectivity index is 1.11. The van der Waals surface area contributed by atoms with Crippen LogP contribution in [-0.4, -0.2) is 57.9 Å². The third kappa shape index (κ3) is 4.37. The van der Waals surface area contributed by atoms with Gasteiger partial charge in [-0.15, -0.1) is 0 Å². The Labute approximate surface area is 207 Å². The van der Waals surface area contributed by atoms with E-state index in [9.17, 15) is 18.0 Å². The van der Waals surface area contributed by atoms with Crippen molar-refractivity contribution in [3.63, 3.8) is 0 Å². The first kappa shape index (κ1) is 23.4. The van der Waals surface area contributed by atoms with E-state index in [1.54, 1.807) is 6.20 Å². The first-order chi connectivity index (χ1) is 17.3. The quantitative estimate of drug-likeness (QED) is 0.552. The number of benzene rings is 1. The van der Waals surface area contributed by atoms with Crippen LogP contribution in [0.2, 0.25) is 0 Å². The summed E-state index contributed by atoms with van der Waals surface area (Å²) in [6.45, 7) is 3.61. The molecule has 190 valence electrons. The SMILES string of the molecule is O=C(Nc1cc2cc(-c3cnn4c3CNCC4)ccc2cn1)C1CCN(CC2(C(F)(F)F)CC2)CC1. The fraction of sp³-hybridized carbons (Fsp3) is 0.500. The summed E-state index contributed by atoms with van der Waals surface area (Å²) in [5, 5.41) is 12.8. The van der Waals surface area contributed by atoms with Crippen LogP contribution < -0.4 is 10.6 Å². The number of nitrogens with zero attached hydrogens (tertiary/aromatic N) is 4. The number of rotatable bonds is 5. The molecule has 3 aromatic rings. The minimum absolute atomic E-state index is 0.0517. The van der Waals surface area contributed by atoms with E-state index >= 15 is 0 Å². The van der Waals surface area contributed by atoms with Crippen molar-refractivity contribution in [1.82, 2.24) is 25.0 Å². The number of fused-ring (bicyclic) bond motifs is 2. The number of amides is 1. The molecule has 2 fully saturated rings. The van der Waals surface area contributed by atoms with Gasteiger partial charge in [0.25, 0.3) is 0 Å². The van der Waals surface area contributed by atoms with Crippen molar-refractivity contribution in [3.8, 4) is 11.1 Å². The lowest BCUT2D eigenvalue weighted by Crippen LogP contribution is -2.44. The molecule has 6 rings (SSSR count). The summed E-state index contributed by atoms with van der Waals surface area (Å²) >= 11 is 0. The van der Waals surface area contributed by atoms with Crippen molar-refractivity contribution in [2.75, 3.05) is 31.5 Å². The lowest BCUT2D eigenvalue weighted by Gasteiger charge is -2.34. The zero-order chi connectivity index (χ0) is 24.9. The van der Waals surface area contributed by atoms with Crippen molar-refractivity contribution in [1.29, 1.82) is 0 Å². The summed E-state index contributed by atoms with van der Waals surface area (Å²) in [5.74, 6) is 0.142. The number of carbonyl (C=O) groups excluding carboxylic acids is 1. The number of anilines is 1. The Kier molecular flexibility index (Phi) is 5.75. The van der Waals surface area contributed by atoms with Crippen molar-refractivity contribution in [3.05, 3.63) is 42.4 Å². The zero-order valence-corrected chi connectivity index (χ0v) is 19.9. The number of halogens is 3. The van der Waals surface area contributed by atoms with E-state index in [4.69, 9.17) is 0 Å². The van der Waals surface area contributed by atoms with Gasteiger partial charge < -0.3 is 15.5 Å². The van der Waals surface area contributed by atoms with E-state index < -0.39 is 11.6 Å². The second-order valence-electron chi connectivity index (χ2n) is 10.4. The van der Waals surface area contributed by atoms with E-state index in [1.165, 1.54) is 0 Å². The maximum atomic E-state index is 13.3. The van der Waals surface area contributed by atoms with Gasteiger partial charge in [-0.3, -0.25) is 9.48 Å². The average molecular weight is 499 g/mol. The van der Waals surface area contributed by atoms with Gasteiger partial charge in [-0.2, -0.15) is 18.3 Å². The minimum Gasteiger partial charge on any atom is -0.310 e. The van der Waals surface area contributed by atoms with Gasteiger partial charge in [0, 0.05) is 42.7 Å². The molecule has 0 bridgehead atoms. The first-order valence-corrected chi connectivity index (χ1v) is 12.6. The predicted molar refractivity (Wildman–Crippen MR) is 130 cm³/mol. The third-order valence-corrected chi connectivity index (χ3v) is 7.97. The number of alkyl halides is 3. The molecule has 0 atom stereocenters. The van der Waals surface area contributed by atoms with Crippen LogP contribution >= 0.6 is 0 Å². The Hall–Kier alpha value is -2.98. The Morgan fingerprint density at radius 3 is 2.67 bits per heavy atom. The number of pyridine rings is 1. The highest BCUT2D eigenvalue weighted by molar-refractivity contribution is 5.95. The number of carbonyl (C=O) groups is 1. The van der Waals surface area contributed by atoms with Crippen molar-refractivity contribution in [2.24, 2.45) is 11.3 Å². The number of likely N-dealkylation sites (tertiary alicyclic amines) is 1. The van der Waals surface area contributed by atoms with Gasteiger partial charge in [0.2, 0.25) is 5.91 Å². The molecule has 10 heteroatoms. The van der Waals surface area contributed by atoms with Crippen LogP contribution in [0, 0.1) is 11.3 Å². The molecule has 7 nitrogen and oxygen atoms in total. The van der Waals surface area contributed by atoms with Crippen LogP contribution in [0.15, 0.2) is 36.7 Å². The molecule has 0 unspecified atom stereocenters.